The van der Waals surface area contributed by atoms with Crippen molar-refractivity contribution in [3.05, 3.63) is 44.8 Å². The van der Waals surface area contributed by atoms with Crippen LogP contribution in [0.4, 0.5) is 0 Å². The number of halogens is 1. The lowest BCUT2D eigenvalue weighted by Gasteiger charge is -2.24. The van der Waals surface area contributed by atoms with Crippen molar-refractivity contribution in [3.8, 4) is 0 Å². The minimum Gasteiger partial charge on any atom is -0.423 e. The molecule has 0 unspecified atom stereocenters. The molecule has 1 aromatic carbocycles. The van der Waals surface area contributed by atoms with Gasteiger partial charge in [-0.05, 0) is 50.1 Å². The largest absolute Gasteiger partial charge is 0.423 e. The molecule has 112 valence electrons. The molecule has 1 aliphatic rings. The highest BCUT2D eigenvalue weighted by Crippen LogP contribution is 2.28. The molecule has 1 aromatic heterocycles. The highest BCUT2D eigenvalue weighted by molar-refractivity contribution is 6.32. The summed E-state index contributed by atoms with van der Waals surface area (Å²) in [7, 11) is 2.13. The molecule has 0 amide bonds. The number of rotatable bonds is 3. The van der Waals surface area contributed by atoms with Crippen LogP contribution in [-0.2, 0) is 6.54 Å². The number of nitrogens with zero attached hydrogens (tertiary/aromatic N) is 1. The fourth-order valence-corrected chi connectivity index (χ4v) is 3.39. The Kier molecular flexibility index (Phi) is 4.05. The van der Waals surface area contributed by atoms with Crippen LogP contribution >= 0.6 is 11.6 Å². The second-order valence-corrected chi connectivity index (χ2v) is 6.45. The predicted molar refractivity (Wildman–Crippen MR) is 86.0 cm³/mol. The highest BCUT2D eigenvalue weighted by Gasteiger charge is 2.20. The molecule has 3 nitrogen and oxygen atoms in total. The second-order valence-electron chi connectivity index (χ2n) is 6.04. The number of hydrogen-bond acceptors (Lipinski definition) is 3. The summed E-state index contributed by atoms with van der Waals surface area (Å²) in [6.07, 6.45) is 5.10. The number of benzene rings is 1. The average Bonchev–Trinajstić information content (AvgIpc) is 2.95. The third-order valence-corrected chi connectivity index (χ3v) is 4.88. The van der Waals surface area contributed by atoms with Gasteiger partial charge in [-0.3, -0.25) is 4.90 Å². The Bertz CT molecular complexity index is 717. The van der Waals surface area contributed by atoms with E-state index in [0.29, 0.717) is 16.6 Å². The number of aryl methyl sites for hydroxylation is 1. The topological polar surface area (TPSA) is 33.5 Å². The number of fused-ring (bicyclic) bond motifs is 1. The first-order valence-electron chi connectivity index (χ1n) is 7.48. The van der Waals surface area contributed by atoms with Gasteiger partial charge in [0.25, 0.3) is 0 Å². The quantitative estimate of drug-likeness (QED) is 0.800. The molecule has 0 bridgehead atoms. The zero-order chi connectivity index (χ0) is 15.0. The van der Waals surface area contributed by atoms with Gasteiger partial charge in [0.15, 0.2) is 0 Å². The summed E-state index contributed by atoms with van der Waals surface area (Å²) in [4.78, 5) is 14.1. The van der Waals surface area contributed by atoms with Gasteiger partial charge in [0, 0.05) is 29.1 Å². The van der Waals surface area contributed by atoms with Crippen LogP contribution < -0.4 is 5.63 Å². The Morgan fingerprint density at radius 3 is 2.71 bits per heavy atom. The van der Waals surface area contributed by atoms with Gasteiger partial charge in [-0.2, -0.15) is 0 Å². The fourth-order valence-electron chi connectivity index (χ4n) is 3.22. The lowest BCUT2D eigenvalue weighted by molar-refractivity contribution is 0.238. The monoisotopic (exact) mass is 305 g/mol. The zero-order valence-corrected chi connectivity index (χ0v) is 13.2. The van der Waals surface area contributed by atoms with E-state index < -0.39 is 0 Å². The van der Waals surface area contributed by atoms with Gasteiger partial charge in [0.05, 0.1) is 0 Å². The Labute approximate surface area is 129 Å². The van der Waals surface area contributed by atoms with E-state index in [9.17, 15) is 4.79 Å². The van der Waals surface area contributed by atoms with Gasteiger partial charge in [-0.25, -0.2) is 4.79 Å². The fraction of sp³-hybridized carbons (Fsp3) is 0.471. The van der Waals surface area contributed by atoms with Crippen molar-refractivity contribution in [1.29, 1.82) is 0 Å². The molecular formula is C17H20ClNO2. The summed E-state index contributed by atoms with van der Waals surface area (Å²) in [5.74, 6) is 0. The second kappa shape index (κ2) is 5.82. The summed E-state index contributed by atoms with van der Waals surface area (Å²) >= 11 is 6.23. The molecule has 0 aliphatic heterocycles. The average molecular weight is 306 g/mol. The molecule has 1 aliphatic carbocycles. The predicted octanol–water partition coefficient (Wildman–Crippen LogP) is 4.13. The minimum atomic E-state index is -0.293. The summed E-state index contributed by atoms with van der Waals surface area (Å²) in [6, 6.07) is 5.97. The van der Waals surface area contributed by atoms with E-state index >= 15 is 0 Å². The van der Waals surface area contributed by atoms with Gasteiger partial charge >= 0.3 is 5.63 Å². The van der Waals surface area contributed by atoms with E-state index in [1.54, 1.807) is 6.07 Å². The first-order chi connectivity index (χ1) is 10.0. The highest BCUT2D eigenvalue weighted by atomic mass is 35.5. The van der Waals surface area contributed by atoms with Crippen molar-refractivity contribution in [1.82, 2.24) is 4.90 Å². The van der Waals surface area contributed by atoms with Crippen LogP contribution in [0.1, 0.15) is 36.8 Å². The molecule has 21 heavy (non-hydrogen) atoms. The molecule has 0 atom stereocenters. The third kappa shape index (κ3) is 2.99. The van der Waals surface area contributed by atoms with Gasteiger partial charge in [-0.1, -0.05) is 24.4 Å². The zero-order valence-electron chi connectivity index (χ0n) is 12.5. The normalized spacial score (nSPS) is 16.2. The van der Waals surface area contributed by atoms with Gasteiger partial charge in [-0.15, -0.1) is 0 Å². The summed E-state index contributed by atoms with van der Waals surface area (Å²) < 4.78 is 5.31. The maximum absolute atomic E-state index is 11.8. The van der Waals surface area contributed by atoms with E-state index in [0.717, 1.165) is 23.1 Å². The molecule has 1 fully saturated rings. The standard InChI is InChI=1S/C17H20ClNO2/c1-11-7-16-14(9-15(11)18)12(8-17(20)21-16)10-19(2)13-5-3-4-6-13/h7-9,13H,3-6,10H2,1-2H3. The smallest absolute Gasteiger partial charge is 0.336 e. The Balaban J connectivity index is 2.00. The summed E-state index contributed by atoms with van der Waals surface area (Å²) in [6.45, 7) is 2.67. The third-order valence-electron chi connectivity index (χ3n) is 4.48. The molecule has 1 saturated carbocycles. The van der Waals surface area contributed by atoms with E-state index in [1.165, 1.54) is 25.7 Å². The van der Waals surface area contributed by atoms with Crippen molar-refractivity contribution in [2.75, 3.05) is 7.05 Å². The van der Waals surface area contributed by atoms with Crippen molar-refractivity contribution in [2.45, 2.75) is 45.2 Å². The lowest BCUT2D eigenvalue weighted by atomic mass is 10.1. The van der Waals surface area contributed by atoms with E-state index in [4.69, 9.17) is 16.0 Å². The van der Waals surface area contributed by atoms with Gasteiger partial charge in [0.1, 0.15) is 5.58 Å². The van der Waals surface area contributed by atoms with Gasteiger partial charge < -0.3 is 4.42 Å². The molecule has 1 heterocycles. The minimum absolute atomic E-state index is 0.293. The van der Waals surface area contributed by atoms with Crippen molar-refractivity contribution >= 4 is 22.6 Å². The maximum Gasteiger partial charge on any atom is 0.336 e. The molecule has 3 rings (SSSR count). The maximum atomic E-state index is 11.8. The Morgan fingerprint density at radius 1 is 1.29 bits per heavy atom. The molecular weight excluding hydrogens is 286 g/mol. The molecule has 0 saturated heterocycles. The van der Waals surface area contributed by atoms with Crippen LogP contribution in [0.3, 0.4) is 0 Å². The van der Waals surface area contributed by atoms with Crippen LogP contribution in [0.5, 0.6) is 0 Å². The van der Waals surface area contributed by atoms with Crippen LogP contribution in [-0.4, -0.2) is 18.0 Å². The number of hydrogen-bond donors (Lipinski definition) is 0. The van der Waals surface area contributed by atoms with Crippen molar-refractivity contribution < 1.29 is 4.42 Å². The van der Waals surface area contributed by atoms with Crippen LogP contribution in [0.2, 0.25) is 5.02 Å². The van der Waals surface area contributed by atoms with Crippen LogP contribution in [0.15, 0.2) is 27.4 Å². The molecule has 0 radical (unpaired) electrons. The summed E-state index contributed by atoms with van der Waals surface area (Å²) in [5, 5.41) is 1.65. The Hall–Kier alpha value is -1.32. The van der Waals surface area contributed by atoms with E-state index in [-0.39, 0.29) is 5.63 Å². The lowest BCUT2D eigenvalue weighted by Crippen LogP contribution is -2.29. The van der Waals surface area contributed by atoms with Crippen LogP contribution in [0, 0.1) is 6.92 Å². The first kappa shape index (κ1) is 14.6. The molecule has 0 N–H and O–H groups in total. The molecule has 0 spiro atoms. The van der Waals surface area contributed by atoms with Gasteiger partial charge in [0.2, 0.25) is 0 Å². The van der Waals surface area contributed by atoms with Crippen LogP contribution in [0.25, 0.3) is 11.0 Å². The van der Waals surface area contributed by atoms with Crippen molar-refractivity contribution in [3.63, 3.8) is 0 Å². The Morgan fingerprint density at radius 2 is 2.00 bits per heavy atom. The van der Waals surface area contributed by atoms with Crippen molar-refractivity contribution in [2.24, 2.45) is 0 Å². The SMILES string of the molecule is Cc1cc2oc(=O)cc(CN(C)C3CCCC3)c2cc1Cl. The molecule has 4 heteroatoms. The summed E-state index contributed by atoms with van der Waals surface area (Å²) in [5.41, 5.74) is 2.25. The molecule has 2 aromatic rings. The van der Waals surface area contributed by atoms with E-state index in [1.807, 2.05) is 19.1 Å². The van der Waals surface area contributed by atoms with E-state index in [2.05, 4.69) is 11.9 Å². The first-order valence-corrected chi connectivity index (χ1v) is 7.85.